The summed E-state index contributed by atoms with van der Waals surface area (Å²) in [7, 11) is 1.66. The number of alkyl halides is 2. The monoisotopic (exact) mass is 423 g/mol. The van der Waals surface area contributed by atoms with Gasteiger partial charge in [-0.2, -0.15) is 13.9 Å². The van der Waals surface area contributed by atoms with Crippen LogP contribution < -0.4 is 20.1 Å². The first-order valence-corrected chi connectivity index (χ1v) is 9.99. The van der Waals surface area contributed by atoms with Gasteiger partial charge in [0.05, 0.1) is 12.3 Å². The minimum absolute atomic E-state index is 0.0372. The highest BCUT2D eigenvalue weighted by atomic mass is 19.3. The normalized spacial score (nSPS) is 12.7. The topological polar surface area (TPSA) is 72.7 Å². The Morgan fingerprint density at radius 3 is 2.63 bits per heavy atom. The molecule has 0 fully saturated rings. The fourth-order valence-corrected chi connectivity index (χ4v) is 3.08. The Morgan fingerprint density at radius 1 is 1.27 bits per heavy atom. The molecule has 0 aliphatic rings. The zero-order valence-electron chi connectivity index (χ0n) is 18.2. The van der Waals surface area contributed by atoms with E-state index in [4.69, 9.17) is 9.47 Å². The standard InChI is InChI=1S/C21H31F2N5O2/c1-6-29-18-9-7-8-17(19(18)30-20(22)23)12-26-21(24-5)25-11-14(2)13-28-16(4)10-15(3)27-28/h7-10,14,20H,6,11-13H2,1-5H3,(H2,24,25,26). The predicted molar refractivity (Wildman–Crippen MR) is 113 cm³/mol. The zero-order chi connectivity index (χ0) is 22.1. The number of ether oxygens (including phenoxy) is 2. The van der Waals surface area contributed by atoms with Crippen LogP contribution in [0.2, 0.25) is 0 Å². The molecule has 2 aromatic rings. The van der Waals surface area contributed by atoms with Gasteiger partial charge < -0.3 is 20.1 Å². The highest BCUT2D eigenvalue weighted by Gasteiger charge is 2.16. The molecule has 166 valence electrons. The molecule has 0 spiro atoms. The van der Waals surface area contributed by atoms with Crippen LogP contribution in [-0.4, -0.2) is 42.6 Å². The summed E-state index contributed by atoms with van der Waals surface area (Å²) in [4.78, 5) is 4.20. The SMILES string of the molecule is CCOc1cccc(CNC(=NC)NCC(C)Cn2nc(C)cc2C)c1OC(F)F. The maximum absolute atomic E-state index is 12.9. The van der Waals surface area contributed by atoms with Crippen LogP contribution in [0.25, 0.3) is 0 Å². The van der Waals surface area contributed by atoms with Crippen molar-refractivity contribution in [3.63, 3.8) is 0 Å². The van der Waals surface area contributed by atoms with E-state index >= 15 is 0 Å². The summed E-state index contributed by atoms with van der Waals surface area (Å²) >= 11 is 0. The van der Waals surface area contributed by atoms with Gasteiger partial charge in [-0.3, -0.25) is 9.67 Å². The van der Waals surface area contributed by atoms with Gasteiger partial charge in [0.1, 0.15) is 0 Å². The van der Waals surface area contributed by atoms with E-state index in [1.807, 2.05) is 18.5 Å². The third kappa shape index (κ3) is 6.89. The van der Waals surface area contributed by atoms with E-state index < -0.39 is 6.61 Å². The van der Waals surface area contributed by atoms with Crippen LogP contribution in [-0.2, 0) is 13.1 Å². The minimum Gasteiger partial charge on any atom is -0.490 e. The van der Waals surface area contributed by atoms with Gasteiger partial charge in [-0.15, -0.1) is 0 Å². The second-order valence-electron chi connectivity index (χ2n) is 7.08. The van der Waals surface area contributed by atoms with Crippen molar-refractivity contribution in [2.24, 2.45) is 10.9 Å². The molecule has 0 aliphatic heterocycles. The van der Waals surface area contributed by atoms with Crippen molar-refractivity contribution in [3.8, 4) is 11.5 Å². The van der Waals surface area contributed by atoms with Gasteiger partial charge in [-0.05, 0) is 38.8 Å². The quantitative estimate of drug-likeness (QED) is 0.452. The van der Waals surface area contributed by atoms with Crippen molar-refractivity contribution < 1.29 is 18.3 Å². The molecule has 1 atom stereocenters. The summed E-state index contributed by atoms with van der Waals surface area (Å²) in [5, 5.41) is 10.9. The van der Waals surface area contributed by atoms with Gasteiger partial charge in [0.15, 0.2) is 17.5 Å². The maximum Gasteiger partial charge on any atom is 0.387 e. The van der Waals surface area contributed by atoms with Gasteiger partial charge in [-0.25, -0.2) is 0 Å². The fraction of sp³-hybridized carbons (Fsp3) is 0.524. The molecule has 0 amide bonds. The first-order valence-electron chi connectivity index (χ1n) is 9.99. The zero-order valence-corrected chi connectivity index (χ0v) is 18.2. The minimum atomic E-state index is -2.93. The third-order valence-corrected chi connectivity index (χ3v) is 4.44. The second kappa shape index (κ2) is 11.4. The van der Waals surface area contributed by atoms with Crippen LogP contribution in [0, 0.1) is 19.8 Å². The van der Waals surface area contributed by atoms with Crippen LogP contribution in [0.4, 0.5) is 8.78 Å². The van der Waals surface area contributed by atoms with E-state index in [1.54, 1.807) is 32.2 Å². The number of benzene rings is 1. The molecule has 1 unspecified atom stereocenters. The maximum atomic E-state index is 12.9. The Hall–Kier alpha value is -2.84. The molecule has 1 aromatic heterocycles. The van der Waals surface area contributed by atoms with Crippen molar-refractivity contribution in [3.05, 3.63) is 41.2 Å². The van der Waals surface area contributed by atoms with E-state index in [9.17, 15) is 8.78 Å². The molecular formula is C21H31F2N5O2. The van der Waals surface area contributed by atoms with Crippen LogP contribution in [0.1, 0.15) is 30.8 Å². The summed E-state index contributed by atoms with van der Waals surface area (Å²) in [5.74, 6) is 1.20. The first-order chi connectivity index (χ1) is 14.3. The number of guanidine groups is 1. The lowest BCUT2D eigenvalue weighted by atomic mass is 10.1. The molecule has 0 radical (unpaired) electrons. The van der Waals surface area contributed by atoms with E-state index in [1.165, 1.54) is 0 Å². The Labute approximate surface area is 176 Å². The van der Waals surface area contributed by atoms with Crippen molar-refractivity contribution in [1.29, 1.82) is 0 Å². The molecule has 0 bridgehead atoms. The van der Waals surface area contributed by atoms with Gasteiger partial charge in [0.25, 0.3) is 0 Å². The summed E-state index contributed by atoms with van der Waals surface area (Å²) in [5.41, 5.74) is 2.68. The van der Waals surface area contributed by atoms with E-state index in [0.29, 0.717) is 36.3 Å². The van der Waals surface area contributed by atoms with E-state index in [0.717, 1.165) is 17.9 Å². The number of para-hydroxylation sites is 1. The molecule has 0 saturated carbocycles. The lowest BCUT2D eigenvalue weighted by Crippen LogP contribution is -2.39. The van der Waals surface area contributed by atoms with Crippen molar-refractivity contribution >= 4 is 5.96 Å². The first kappa shape index (κ1) is 23.4. The lowest BCUT2D eigenvalue weighted by molar-refractivity contribution is -0.0520. The largest absolute Gasteiger partial charge is 0.490 e. The number of halogens is 2. The number of hydrogen-bond donors (Lipinski definition) is 2. The third-order valence-electron chi connectivity index (χ3n) is 4.44. The van der Waals surface area contributed by atoms with Crippen molar-refractivity contribution in [2.75, 3.05) is 20.2 Å². The average Bonchev–Trinajstić information content (AvgIpc) is 3.00. The lowest BCUT2D eigenvalue weighted by Gasteiger charge is -2.18. The predicted octanol–water partition coefficient (Wildman–Crippen LogP) is 3.50. The number of nitrogens with one attached hydrogen (secondary N) is 2. The van der Waals surface area contributed by atoms with Crippen LogP contribution in [0.3, 0.4) is 0 Å². The van der Waals surface area contributed by atoms with E-state index in [-0.39, 0.29) is 12.3 Å². The van der Waals surface area contributed by atoms with Crippen LogP contribution in [0.15, 0.2) is 29.3 Å². The number of aliphatic imine (C=N–C) groups is 1. The highest BCUT2D eigenvalue weighted by molar-refractivity contribution is 5.79. The molecule has 2 rings (SSSR count). The molecule has 9 heteroatoms. The van der Waals surface area contributed by atoms with Gasteiger partial charge in [0, 0.05) is 37.9 Å². The van der Waals surface area contributed by atoms with Crippen LogP contribution in [0.5, 0.6) is 11.5 Å². The number of aryl methyl sites for hydroxylation is 2. The number of rotatable bonds is 10. The molecule has 0 aliphatic carbocycles. The van der Waals surface area contributed by atoms with Gasteiger partial charge >= 0.3 is 6.61 Å². The Bertz CT molecular complexity index is 839. The average molecular weight is 424 g/mol. The van der Waals surface area contributed by atoms with Crippen LogP contribution >= 0.6 is 0 Å². The molecule has 30 heavy (non-hydrogen) atoms. The summed E-state index contributed by atoms with van der Waals surface area (Å²) in [6, 6.07) is 7.12. The molecule has 1 heterocycles. The molecule has 0 saturated heterocycles. The van der Waals surface area contributed by atoms with Gasteiger partial charge in [0.2, 0.25) is 0 Å². The van der Waals surface area contributed by atoms with Crippen molar-refractivity contribution in [2.45, 2.75) is 47.4 Å². The Morgan fingerprint density at radius 2 is 2.03 bits per heavy atom. The van der Waals surface area contributed by atoms with Gasteiger partial charge in [-0.1, -0.05) is 19.1 Å². The Kier molecular flexibility index (Phi) is 8.89. The fourth-order valence-electron chi connectivity index (χ4n) is 3.08. The smallest absolute Gasteiger partial charge is 0.387 e. The summed E-state index contributed by atoms with van der Waals surface area (Å²) in [6.07, 6.45) is 0. The number of aromatic nitrogens is 2. The molecule has 2 N–H and O–H groups in total. The summed E-state index contributed by atoms with van der Waals surface area (Å²) in [6.45, 7) is 7.07. The number of hydrogen-bond acceptors (Lipinski definition) is 4. The second-order valence-corrected chi connectivity index (χ2v) is 7.08. The summed E-state index contributed by atoms with van der Waals surface area (Å²) < 4.78 is 37.8. The Balaban J connectivity index is 1.95. The molecule has 7 nitrogen and oxygen atoms in total. The molecule has 1 aromatic carbocycles. The highest BCUT2D eigenvalue weighted by Crippen LogP contribution is 2.32. The number of nitrogens with zero attached hydrogens (tertiary/aromatic N) is 3. The molecular weight excluding hydrogens is 392 g/mol. The van der Waals surface area contributed by atoms with E-state index in [2.05, 4.69) is 33.7 Å². The van der Waals surface area contributed by atoms with Crippen molar-refractivity contribution in [1.82, 2.24) is 20.4 Å².